The van der Waals surface area contributed by atoms with Crippen LogP contribution in [0, 0.1) is 5.41 Å². The molecule has 1 aromatic rings. The highest BCUT2D eigenvalue weighted by Gasteiger charge is 2.50. The lowest BCUT2D eigenvalue weighted by atomic mass is 9.78. The number of hydrogen-bond acceptors (Lipinski definition) is 5. The molecule has 0 unspecified atom stereocenters. The quantitative estimate of drug-likeness (QED) is 0.734. The van der Waals surface area contributed by atoms with Gasteiger partial charge < -0.3 is 20.0 Å². The number of hydrogen-bond donors (Lipinski definition) is 3. The van der Waals surface area contributed by atoms with Gasteiger partial charge in [-0.1, -0.05) is 0 Å². The zero-order valence-electron chi connectivity index (χ0n) is 16.0. The van der Waals surface area contributed by atoms with Crippen LogP contribution < -0.4 is 10.2 Å². The van der Waals surface area contributed by atoms with Crippen LogP contribution in [-0.2, 0) is 4.79 Å². The number of rotatable bonds is 3. The van der Waals surface area contributed by atoms with E-state index in [1.165, 1.54) is 6.20 Å². The molecule has 8 nitrogen and oxygen atoms in total. The number of aliphatic hydroxyl groups excluding tert-OH is 1. The van der Waals surface area contributed by atoms with E-state index in [9.17, 15) is 14.7 Å². The summed E-state index contributed by atoms with van der Waals surface area (Å²) in [5, 5.41) is 20.8. The van der Waals surface area contributed by atoms with E-state index in [0.717, 1.165) is 63.9 Å². The predicted octanol–water partition coefficient (Wildman–Crippen LogP) is 2.29. The van der Waals surface area contributed by atoms with E-state index in [2.05, 4.69) is 20.1 Å². The fraction of sp³-hybridized carbons (Fsp3) is 0.650. The molecule has 3 aliphatic rings. The Balaban J connectivity index is 1.44. The summed E-state index contributed by atoms with van der Waals surface area (Å²) in [6.45, 7) is 2.32. The molecule has 1 aromatic heterocycles. The van der Waals surface area contributed by atoms with Gasteiger partial charge in [-0.25, -0.2) is 9.78 Å². The summed E-state index contributed by atoms with van der Waals surface area (Å²) in [4.78, 5) is 32.7. The Bertz CT molecular complexity index is 732. The Labute approximate surface area is 164 Å². The first kappa shape index (κ1) is 19.0. The molecule has 2 amide bonds. The Morgan fingerprint density at radius 2 is 1.96 bits per heavy atom. The molecule has 28 heavy (non-hydrogen) atoms. The largest absolute Gasteiger partial charge is 0.465 e. The minimum atomic E-state index is -1.11. The highest BCUT2D eigenvalue weighted by Crippen LogP contribution is 2.43. The number of nitrogens with one attached hydrogen (secondary N) is 1. The van der Waals surface area contributed by atoms with Crippen LogP contribution in [0.25, 0.3) is 0 Å². The van der Waals surface area contributed by atoms with Crippen LogP contribution >= 0.6 is 0 Å². The number of aliphatic hydroxyl groups is 1. The van der Waals surface area contributed by atoms with Gasteiger partial charge >= 0.3 is 6.09 Å². The van der Waals surface area contributed by atoms with E-state index < -0.39 is 6.09 Å². The zero-order valence-corrected chi connectivity index (χ0v) is 16.0. The SMILES string of the molecule is O=C(O)Nc1ccc(N2CCC[C@@]3(CCN([C@H]4CC[C@H](O)CC4)C3=O)C2)nc1. The standard InChI is InChI=1S/C20H28N4O4/c25-16-5-3-15(4-6-16)24-11-9-20(18(24)26)8-1-10-23(13-20)17-7-2-14(12-21-17)22-19(27)28/h2,7,12,15-16,22,25H,1,3-6,8-11,13H2,(H,27,28)/t15-,16-,20-/m1/s1. The Morgan fingerprint density at radius 1 is 1.18 bits per heavy atom. The summed E-state index contributed by atoms with van der Waals surface area (Å²) in [6.07, 6.45) is 6.28. The third-order valence-electron chi connectivity index (χ3n) is 6.55. The molecule has 1 spiro atoms. The van der Waals surface area contributed by atoms with Gasteiger partial charge in [0.05, 0.1) is 23.4 Å². The van der Waals surface area contributed by atoms with Crippen molar-refractivity contribution in [3.63, 3.8) is 0 Å². The van der Waals surface area contributed by atoms with Gasteiger partial charge in [0.1, 0.15) is 5.82 Å². The summed E-state index contributed by atoms with van der Waals surface area (Å²) in [5.74, 6) is 1.05. The van der Waals surface area contributed by atoms with Crippen LogP contribution in [0.5, 0.6) is 0 Å². The monoisotopic (exact) mass is 388 g/mol. The predicted molar refractivity (Wildman–Crippen MR) is 104 cm³/mol. The first-order valence-corrected chi connectivity index (χ1v) is 10.2. The van der Waals surface area contributed by atoms with Gasteiger partial charge in [0.15, 0.2) is 0 Å². The van der Waals surface area contributed by atoms with Crippen molar-refractivity contribution in [2.75, 3.05) is 29.9 Å². The van der Waals surface area contributed by atoms with E-state index >= 15 is 0 Å². The molecule has 2 saturated heterocycles. The number of carboxylic acid groups (broad SMARTS) is 1. The second-order valence-corrected chi connectivity index (χ2v) is 8.35. The average molecular weight is 388 g/mol. The van der Waals surface area contributed by atoms with E-state index in [1.54, 1.807) is 6.07 Å². The highest BCUT2D eigenvalue weighted by atomic mass is 16.4. The number of likely N-dealkylation sites (tertiary alicyclic amines) is 1. The number of piperidine rings is 1. The Morgan fingerprint density at radius 3 is 2.64 bits per heavy atom. The van der Waals surface area contributed by atoms with Gasteiger partial charge in [0, 0.05) is 25.7 Å². The summed E-state index contributed by atoms with van der Waals surface area (Å²) in [7, 11) is 0. The van der Waals surface area contributed by atoms with Gasteiger partial charge in [0.2, 0.25) is 5.91 Å². The molecule has 0 radical (unpaired) electrons. The summed E-state index contributed by atoms with van der Waals surface area (Å²) >= 11 is 0. The smallest absolute Gasteiger partial charge is 0.409 e. The molecule has 8 heteroatoms. The lowest BCUT2D eigenvalue weighted by molar-refractivity contribution is -0.139. The summed E-state index contributed by atoms with van der Waals surface area (Å²) in [6, 6.07) is 3.78. The highest BCUT2D eigenvalue weighted by molar-refractivity contribution is 5.86. The van der Waals surface area contributed by atoms with E-state index in [4.69, 9.17) is 5.11 Å². The molecule has 0 aromatic carbocycles. The van der Waals surface area contributed by atoms with E-state index in [1.807, 2.05) is 6.07 Å². The lowest BCUT2D eigenvalue weighted by Crippen LogP contribution is -2.50. The Kier molecular flexibility index (Phi) is 5.14. The lowest BCUT2D eigenvalue weighted by Gasteiger charge is -2.41. The molecular formula is C20H28N4O4. The first-order valence-electron chi connectivity index (χ1n) is 10.2. The van der Waals surface area contributed by atoms with Crippen molar-refractivity contribution in [3.05, 3.63) is 18.3 Å². The second kappa shape index (κ2) is 7.58. The number of pyridine rings is 1. The van der Waals surface area contributed by atoms with Gasteiger partial charge in [-0.05, 0) is 57.1 Å². The first-order chi connectivity index (χ1) is 13.5. The van der Waals surface area contributed by atoms with Crippen molar-refractivity contribution in [1.82, 2.24) is 9.88 Å². The van der Waals surface area contributed by atoms with Crippen LogP contribution in [0.3, 0.4) is 0 Å². The maximum Gasteiger partial charge on any atom is 0.409 e. The van der Waals surface area contributed by atoms with Crippen molar-refractivity contribution in [3.8, 4) is 0 Å². The van der Waals surface area contributed by atoms with Crippen molar-refractivity contribution >= 4 is 23.5 Å². The maximum atomic E-state index is 13.4. The van der Waals surface area contributed by atoms with Gasteiger partial charge in [-0.15, -0.1) is 0 Å². The van der Waals surface area contributed by atoms with Gasteiger partial charge in [0.25, 0.3) is 0 Å². The van der Waals surface area contributed by atoms with E-state index in [-0.39, 0.29) is 23.5 Å². The number of carbonyl (C=O) groups is 2. The average Bonchev–Trinajstić information content (AvgIpc) is 2.98. The number of anilines is 2. The molecule has 0 bridgehead atoms. The minimum Gasteiger partial charge on any atom is -0.465 e. The summed E-state index contributed by atoms with van der Waals surface area (Å²) in [5.41, 5.74) is 0.0964. The van der Waals surface area contributed by atoms with E-state index in [0.29, 0.717) is 12.2 Å². The van der Waals surface area contributed by atoms with Crippen molar-refractivity contribution < 1.29 is 19.8 Å². The minimum absolute atomic E-state index is 0.210. The van der Waals surface area contributed by atoms with Crippen molar-refractivity contribution in [2.24, 2.45) is 5.41 Å². The molecule has 3 N–H and O–H groups in total. The maximum absolute atomic E-state index is 13.4. The molecule has 1 saturated carbocycles. The van der Waals surface area contributed by atoms with Crippen LogP contribution in [0.4, 0.5) is 16.3 Å². The van der Waals surface area contributed by atoms with Gasteiger partial charge in [-0.2, -0.15) is 0 Å². The molecule has 1 aliphatic carbocycles. The van der Waals surface area contributed by atoms with Crippen LogP contribution in [0.2, 0.25) is 0 Å². The molecule has 3 heterocycles. The fourth-order valence-corrected chi connectivity index (χ4v) is 5.04. The Hall–Kier alpha value is -2.35. The molecular weight excluding hydrogens is 360 g/mol. The van der Waals surface area contributed by atoms with Crippen molar-refractivity contribution in [2.45, 2.75) is 57.1 Å². The normalized spacial score (nSPS) is 30.7. The third-order valence-corrected chi connectivity index (χ3v) is 6.55. The topological polar surface area (TPSA) is 106 Å². The molecule has 152 valence electrons. The number of aromatic nitrogens is 1. The fourth-order valence-electron chi connectivity index (χ4n) is 5.04. The van der Waals surface area contributed by atoms with Crippen LogP contribution in [-0.4, -0.2) is 63.9 Å². The number of carbonyl (C=O) groups excluding carboxylic acids is 1. The number of amides is 2. The van der Waals surface area contributed by atoms with Crippen LogP contribution in [0.15, 0.2) is 18.3 Å². The third kappa shape index (κ3) is 3.65. The van der Waals surface area contributed by atoms with Crippen LogP contribution in [0.1, 0.15) is 44.9 Å². The molecule has 4 rings (SSSR count). The second-order valence-electron chi connectivity index (χ2n) is 8.35. The molecule has 3 fully saturated rings. The van der Waals surface area contributed by atoms with Crippen molar-refractivity contribution in [1.29, 1.82) is 0 Å². The zero-order chi connectivity index (χ0) is 19.7. The summed E-state index contributed by atoms with van der Waals surface area (Å²) < 4.78 is 0. The number of nitrogens with zero attached hydrogens (tertiary/aromatic N) is 3. The molecule has 1 atom stereocenters. The van der Waals surface area contributed by atoms with Gasteiger partial charge in [-0.3, -0.25) is 10.1 Å². The molecule has 2 aliphatic heterocycles.